The van der Waals surface area contributed by atoms with Crippen LogP contribution in [-0.2, 0) is 4.79 Å². The maximum atomic E-state index is 12.4. The van der Waals surface area contributed by atoms with Crippen molar-refractivity contribution < 1.29 is 4.79 Å². The van der Waals surface area contributed by atoms with Crippen molar-refractivity contribution in [3.63, 3.8) is 0 Å². The van der Waals surface area contributed by atoms with Crippen molar-refractivity contribution in [1.82, 2.24) is 4.90 Å². The standard InChI is InChI=1S/C15H21Cl2N3O/c1-3-6-20(11-4-5-11)9(2)15(21)19-14-12(16)7-10(18)8-13(14)17/h7-9,11H,3-6,18H2,1-2H3,(H,19,21). The van der Waals surface area contributed by atoms with E-state index in [4.69, 9.17) is 28.9 Å². The fraction of sp³-hybridized carbons (Fsp3) is 0.533. The van der Waals surface area contributed by atoms with Crippen LogP contribution in [0.15, 0.2) is 12.1 Å². The molecule has 0 heterocycles. The summed E-state index contributed by atoms with van der Waals surface area (Å²) < 4.78 is 0. The van der Waals surface area contributed by atoms with E-state index in [2.05, 4.69) is 17.1 Å². The van der Waals surface area contributed by atoms with E-state index >= 15 is 0 Å². The molecule has 21 heavy (non-hydrogen) atoms. The topological polar surface area (TPSA) is 58.4 Å². The number of carbonyl (C=O) groups excluding carboxylic acids is 1. The highest BCUT2D eigenvalue weighted by Gasteiger charge is 2.34. The lowest BCUT2D eigenvalue weighted by Crippen LogP contribution is -2.43. The summed E-state index contributed by atoms with van der Waals surface area (Å²) in [7, 11) is 0. The molecular formula is C15H21Cl2N3O. The number of rotatable bonds is 6. The first kappa shape index (κ1) is 16.4. The van der Waals surface area contributed by atoms with Crippen molar-refractivity contribution in [2.24, 2.45) is 0 Å². The summed E-state index contributed by atoms with van der Waals surface area (Å²) in [5.74, 6) is -0.0936. The maximum Gasteiger partial charge on any atom is 0.241 e. The third kappa shape index (κ3) is 4.02. The highest BCUT2D eigenvalue weighted by Crippen LogP contribution is 2.34. The van der Waals surface area contributed by atoms with Gasteiger partial charge < -0.3 is 11.1 Å². The van der Waals surface area contributed by atoms with Crippen molar-refractivity contribution in [3.8, 4) is 0 Å². The predicted molar refractivity (Wildman–Crippen MR) is 89.0 cm³/mol. The normalized spacial score (nSPS) is 16.0. The van der Waals surface area contributed by atoms with E-state index in [0.717, 1.165) is 13.0 Å². The summed E-state index contributed by atoms with van der Waals surface area (Å²) in [5, 5.41) is 3.54. The van der Waals surface area contributed by atoms with Crippen molar-refractivity contribution in [2.45, 2.75) is 45.2 Å². The Bertz CT molecular complexity index is 509. The lowest BCUT2D eigenvalue weighted by Gasteiger charge is -2.28. The Morgan fingerprint density at radius 2 is 2.00 bits per heavy atom. The Morgan fingerprint density at radius 1 is 1.43 bits per heavy atom. The average molecular weight is 330 g/mol. The van der Waals surface area contributed by atoms with Crippen LogP contribution in [0, 0.1) is 0 Å². The fourth-order valence-electron chi connectivity index (χ4n) is 2.45. The molecule has 0 bridgehead atoms. The minimum Gasteiger partial charge on any atom is -0.399 e. The summed E-state index contributed by atoms with van der Waals surface area (Å²) in [5.41, 5.74) is 6.57. The summed E-state index contributed by atoms with van der Waals surface area (Å²) in [6.07, 6.45) is 3.36. The highest BCUT2D eigenvalue weighted by molar-refractivity contribution is 6.40. The summed E-state index contributed by atoms with van der Waals surface area (Å²) in [6.45, 7) is 4.96. The Hall–Kier alpha value is -0.970. The van der Waals surface area contributed by atoms with Crippen molar-refractivity contribution >= 4 is 40.5 Å². The van der Waals surface area contributed by atoms with Gasteiger partial charge in [0.15, 0.2) is 0 Å². The van der Waals surface area contributed by atoms with E-state index < -0.39 is 0 Å². The van der Waals surface area contributed by atoms with Gasteiger partial charge in [0.1, 0.15) is 0 Å². The number of carbonyl (C=O) groups is 1. The van der Waals surface area contributed by atoms with Gasteiger partial charge in [-0.05, 0) is 44.9 Å². The van der Waals surface area contributed by atoms with Crippen LogP contribution in [-0.4, -0.2) is 29.4 Å². The molecule has 2 rings (SSSR count). The molecule has 116 valence electrons. The minimum atomic E-state index is -0.206. The van der Waals surface area contributed by atoms with Crippen LogP contribution in [0.3, 0.4) is 0 Å². The second kappa shape index (κ2) is 6.86. The molecular weight excluding hydrogens is 309 g/mol. The zero-order chi connectivity index (χ0) is 15.6. The average Bonchev–Trinajstić information content (AvgIpc) is 3.23. The Balaban J connectivity index is 2.10. The molecule has 1 saturated carbocycles. The molecule has 1 fully saturated rings. The zero-order valence-electron chi connectivity index (χ0n) is 12.3. The van der Waals surface area contributed by atoms with E-state index in [1.807, 2.05) is 6.92 Å². The molecule has 1 unspecified atom stereocenters. The Morgan fingerprint density at radius 3 is 2.48 bits per heavy atom. The smallest absolute Gasteiger partial charge is 0.241 e. The van der Waals surface area contributed by atoms with E-state index in [-0.39, 0.29) is 11.9 Å². The second-order valence-electron chi connectivity index (χ2n) is 5.49. The van der Waals surface area contributed by atoms with Crippen LogP contribution < -0.4 is 11.1 Å². The number of nitrogens with two attached hydrogens (primary N) is 1. The molecule has 3 N–H and O–H groups in total. The van der Waals surface area contributed by atoms with Gasteiger partial charge in [-0.1, -0.05) is 30.1 Å². The third-order valence-corrected chi connectivity index (χ3v) is 4.28. The lowest BCUT2D eigenvalue weighted by molar-refractivity contribution is -0.121. The number of hydrogen-bond acceptors (Lipinski definition) is 3. The molecule has 0 aromatic heterocycles. The first-order chi connectivity index (χ1) is 9.93. The van der Waals surface area contributed by atoms with Crippen LogP contribution in [0.1, 0.15) is 33.1 Å². The van der Waals surface area contributed by atoms with Gasteiger partial charge in [0.05, 0.1) is 21.8 Å². The van der Waals surface area contributed by atoms with Crippen LogP contribution in [0.4, 0.5) is 11.4 Å². The SMILES string of the molecule is CCCN(C1CC1)C(C)C(=O)Nc1c(Cl)cc(N)cc1Cl. The number of nitrogen functional groups attached to an aromatic ring is 1. The molecule has 0 saturated heterocycles. The summed E-state index contributed by atoms with van der Waals surface area (Å²) >= 11 is 12.2. The summed E-state index contributed by atoms with van der Waals surface area (Å²) in [4.78, 5) is 14.7. The molecule has 0 aliphatic heterocycles. The maximum absolute atomic E-state index is 12.4. The zero-order valence-corrected chi connectivity index (χ0v) is 13.8. The number of anilines is 2. The minimum absolute atomic E-state index is 0.0936. The van der Waals surface area contributed by atoms with Gasteiger partial charge in [-0.25, -0.2) is 0 Å². The van der Waals surface area contributed by atoms with Gasteiger partial charge in [-0.2, -0.15) is 0 Å². The molecule has 1 aliphatic rings. The van der Waals surface area contributed by atoms with Gasteiger partial charge in [0, 0.05) is 11.7 Å². The molecule has 1 aromatic carbocycles. The van der Waals surface area contributed by atoms with Crippen LogP contribution in [0.5, 0.6) is 0 Å². The Labute approximate surface area is 135 Å². The van der Waals surface area contributed by atoms with E-state index in [9.17, 15) is 4.79 Å². The first-order valence-electron chi connectivity index (χ1n) is 7.25. The first-order valence-corrected chi connectivity index (χ1v) is 8.00. The molecule has 0 radical (unpaired) electrons. The molecule has 1 aromatic rings. The third-order valence-electron chi connectivity index (χ3n) is 3.69. The number of nitrogens with zero attached hydrogens (tertiary/aromatic N) is 1. The van der Waals surface area contributed by atoms with E-state index in [0.29, 0.717) is 27.5 Å². The Kier molecular flexibility index (Phi) is 5.36. The number of amides is 1. The number of hydrogen-bond donors (Lipinski definition) is 2. The van der Waals surface area contributed by atoms with E-state index in [1.165, 1.54) is 12.8 Å². The molecule has 4 nitrogen and oxygen atoms in total. The van der Waals surface area contributed by atoms with Crippen LogP contribution >= 0.6 is 23.2 Å². The van der Waals surface area contributed by atoms with Gasteiger partial charge in [-0.3, -0.25) is 9.69 Å². The molecule has 6 heteroatoms. The fourth-order valence-corrected chi connectivity index (χ4v) is 3.05. The lowest BCUT2D eigenvalue weighted by atomic mass is 10.2. The van der Waals surface area contributed by atoms with Gasteiger partial charge in [-0.15, -0.1) is 0 Å². The highest BCUT2D eigenvalue weighted by atomic mass is 35.5. The van der Waals surface area contributed by atoms with Crippen molar-refractivity contribution in [1.29, 1.82) is 0 Å². The largest absolute Gasteiger partial charge is 0.399 e. The molecule has 0 spiro atoms. The van der Waals surface area contributed by atoms with Gasteiger partial charge in [0.25, 0.3) is 0 Å². The van der Waals surface area contributed by atoms with Gasteiger partial charge in [0.2, 0.25) is 5.91 Å². The second-order valence-corrected chi connectivity index (χ2v) is 6.31. The van der Waals surface area contributed by atoms with Crippen molar-refractivity contribution in [3.05, 3.63) is 22.2 Å². The van der Waals surface area contributed by atoms with E-state index in [1.54, 1.807) is 12.1 Å². The summed E-state index contributed by atoms with van der Waals surface area (Å²) in [6, 6.07) is 3.49. The van der Waals surface area contributed by atoms with Crippen LogP contribution in [0.25, 0.3) is 0 Å². The quantitative estimate of drug-likeness (QED) is 0.781. The molecule has 1 amide bonds. The van der Waals surface area contributed by atoms with Crippen molar-refractivity contribution in [2.75, 3.05) is 17.6 Å². The number of benzene rings is 1. The molecule has 1 atom stereocenters. The number of nitrogens with one attached hydrogen (secondary N) is 1. The predicted octanol–water partition coefficient (Wildman–Crippen LogP) is 3.78. The number of halogens is 2. The van der Waals surface area contributed by atoms with Gasteiger partial charge >= 0.3 is 0 Å². The van der Waals surface area contributed by atoms with Crippen LogP contribution in [0.2, 0.25) is 10.0 Å². The monoisotopic (exact) mass is 329 g/mol. The molecule has 1 aliphatic carbocycles.